The molecule has 1 saturated heterocycles. The molecule has 29 heavy (non-hydrogen) atoms. The van der Waals surface area contributed by atoms with Gasteiger partial charge in [0.2, 0.25) is 11.6 Å². The Morgan fingerprint density at radius 1 is 1.17 bits per heavy atom. The van der Waals surface area contributed by atoms with E-state index in [1.165, 1.54) is 30.6 Å². The summed E-state index contributed by atoms with van der Waals surface area (Å²) in [5.41, 5.74) is -3.88. The van der Waals surface area contributed by atoms with E-state index in [2.05, 4.69) is 20.2 Å². The van der Waals surface area contributed by atoms with Crippen LogP contribution < -0.4 is 10.2 Å². The van der Waals surface area contributed by atoms with Crippen molar-refractivity contribution in [2.24, 2.45) is 0 Å². The maximum atomic E-state index is 12.4. The van der Waals surface area contributed by atoms with Crippen LogP contribution in [0.3, 0.4) is 0 Å². The summed E-state index contributed by atoms with van der Waals surface area (Å²) in [5, 5.41) is 14.6. The minimum atomic E-state index is -4.35. The molecule has 0 saturated carbocycles. The van der Waals surface area contributed by atoms with Gasteiger partial charge in [0.05, 0.1) is 4.92 Å². The lowest BCUT2D eigenvalue weighted by molar-refractivity contribution is -0.383. The van der Waals surface area contributed by atoms with Crippen LogP contribution >= 0.6 is 11.8 Å². The SMILES string of the molecule is CN1CCN(c2ncnc(NCc3ccc(SC(F)(F)F)cc3)c2[N+](=O)[O-])CC1. The first-order valence-electron chi connectivity index (χ1n) is 8.74. The average molecular weight is 428 g/mol. The highest BCUT2D eigenvalue weighted by Crippen LogP contribution is 2.37. The number of nitrogens with one attached hydrogen (secondary N) is 1. The average Bonchev–Trinajstić information content (AvgIpc) is 2.66. The van der Waals surface area contributed by atoms with E-state index in [0.29, 0.717) is 18.7 Å². The summed E-state index contributed by atoms with van der Waals surface area (Å²) in [6.45, 7) is 2.95. The molecule has 0 spiro atoms. The van der Waals surface area contributed by atoms with Crippen molar-refractivity contribution in [1.82, 2.24) is 14.9 Å². The Morgan fingerprint density at radius 3 is 2.41 bits per heavy atom. The number of halogens is 3. The molecular weight excluding hydrogens is 409 g/mol. The van der Waals surface area contributed by atoms with Crippen LogP contribution in [0.2, 0.25) is 0 Å². The maximum Gasteiger partial charge on any atom is 0.446 e. The number of hydrogen-bond acceptors (Lipinski definition) is 8. The number of nitro groups is 1. The quantitative estimate of drug-likeness (QED) is 0.426. The molecule has 0 amide bonds. The molecule has 12 heteroatoms. The highest BCUT2D eigenvalue weighted by molar-refractivity contribution is 8.00. The zero-order valence-corrected chi connectivity index (χ0v) is 16.3. The van der Waals surface area contributed by atoms with Crippen LogP contribution in [0.15, 0.2) is 35.5 Å². The standard InChI is InChI=1S/C17H19F3N6O2S/c1-24-6-8-25(9-7-24)16-14(26(27)28)15(22-11-23-16)21-10-12-2-4-13(5-3-12)29-17(18,19)20/h2-5,11H,6-10H2,1H3,(H,21,22,23). The minimum absolute atomic E-state index is 0.0756. The van der Waals surface area contributed by atoms with Crippen molar-refractivity contribution >= 4 is 29.1 Å². The third kappa shape index (κ3) is 5.70. The summed E-state index contributed by atoms with van der Waals surface area (Å²) in [5.74, 6) is 0.338. The molecule has 1 N–H and O–H groups in total. The molecular formula is C17H19F3N6O2S. The molecule has 0 bridgehead atoms. The first-order chi connectivity index (χ1) is 13.7. The van der Waals surface area contributed by atoms with Gasteiger partial charge in [0.1, 0.15) is 6.33 Å². The van der Waals surface area contributed by atoms with Crippen LogP contribution in [0.25, 0.3) is 0 Å². The molecule has 2 aromatic rings. The summed E-state index contributed by atoms with van der Waals surface area (Å²) >= 11 is -0.191. The van der Waals surface area contributed by atoms with E-state index in [1.807, 2.05) is 11.9 Å². The highest BCUT2D eigenvalue weighted by Gasteiger charge is 2.30. The van der Waals surface area contributed by atoms with E-state index in [1.54, 1.807) is 0 Å². The van der Waals surface area contributed by atoms with Crippen molar-refractivity contribution in [1.29, 1.82) is 0 Å². The normalized spacial score (nSPS) is 15.4. The molecule has 2 heterocycles. The lowest BCUT2D eigenvalue weighted by Gasteiger charge is -2.32. The predicted molar refractivity (Wildman–Crippen MR) is 104 cm³/mol. The van der Waals surface area contributed by atoms with Crippen molar-refractivity contribution in [3.05, 3.63) is 46.3 Å². The van der Waals surface area contributed by atoms with Gasteiger partial charge in [-0.2, -0.15) is 13.2 Å². The van der Waals surface area contributed by atoms with Crippen molar-refractivity contribution in [3.63, 3.8) is 0 Å². The van der Waals surface area contributed by atoms with Gasteiger partial charge in [-0.15, -0.1) is 0 Å². The smallest absolute Gasteiger partial charge is 0.360 e. The Balaban J connectivity index is 1.74. The predicted octanol–water partition coefficient (Wildman–Crippen LogP) is 3.36. The van der Waals surface area contributed by atoms with E-state index in [9.17, 15) is 23.3 Å². The molecule has 0 aliphatic carbocycles. The van der Waals surface area contributed by atoms with Crippen LogP contribution in [0.5, 0.6) is 0 Å². The van der Waals surface area contributed by atoms with Gasteiger partial charge in [-0.25, -0.2) is 9.97 Å². The van der Waals surface area contributed by atoms with E-state index < -0.39 is 10.4 Å². The van der Waals surface area contributed by atoms with Crippen molar-refractivity contribution < 1.29 is 18.1 Å². The van der Waals surface area contributed by atoms with Gasteiger partial charge in [-0.3, -0.25) is 10.1 Å². The van der Waals surface area contributed by atoms with Crippen LogP contribution in [0, 0.1) is 10.1 Å². The number of alkyl halides is 3. The molecule has 1 fully saturated rings. The van der Waals surface area contributed by atoms with E-state index in [4.69, 9.17) is 0 Å². The molecule has 0 unspecified atom stereocenters. The number of nitrogens with zero attached hydrogens (tertiary/aromatic N) is 5. The lowest BCUT2D eigenvalue weighted by atomic mass is 10.2. The molecule has 1 aromatic carbocycles. The first-order valence-corrected chi connectivity index (χ1v) is 9.56. The van der Waals surface area contributed by atoms with Crippen molar-refractivity contribution in [3.8, 4) is 0 Å². The fraction of sp³-hybridized carbons (Fsp3) is 0.412. The third-order valence-corrected chi connectivity index (χ3v) is 5.14. The van der Waals surface area contributed by atoms with Gasteiger partial charge in [-0.05, 0) is 36.5 Å². The second-order valence-corrected chi connectivity index (χ2v) is 7.63. The monoisotopic (exact) mass is 428 g/mol. The fourth-order valence-electron chi connectivity index (χ4n) is 2.91. The summed E-state index contributed by atoms with van der Waals surface area (Å²) in [6, 6.07) is 5.80. The number of aromatic nitrogens is 2. The molecule has 0 atom stereocenters. The van der Waals surface area contributed by atoms with Crippen molar-refractivity contribution in [2.75, 3.05) is 43.4 Å². The van der Waals surface area contributed by atoms with Gasteiger partial charge < -0.3 is 15.1 Å². The molecule has 0 radical (unpaired) electrons. The summed E-state index contributed by atoms with van der Waals surface area (Å²) in [6.07, 6.45) is 1.27. The van der Waals surface area contributed by atoms with Gasteiger partial charge in [-0.1, -0.05) is 12.1 Å². The first kappa shape index (κ1) is 21.1. The Kier molecular flexibility index (Phi) is 6.42. The zero-order chi connectivity index (χ0) is 21.0. The number of anilines is 2. The fourth-order valence-corrected chi connectivity index (χ4v) is 3.45. The molecule has 8 nitrogen and oxygen atoms in total. The lowest BCUT2D eigenvalue weighted by Crippen LogP contribution is -2.45. The Morgan fingerprint density at radius 2 is 1.83 bits per heavy atom. The summed E-state index contributed by atoms with van der Waals surface area (Å²) < 4.78 is 37.2. The van der Waals surface area contributed by atoms with E-state index in [0.717, 1.165) is 13.1 Å². The van der Waals surface area contributed by atoms with Gasteiger partial charge in [0.25, 0.3) is 0 Å². The van der Waals surface area contributed by atoms with Gasteiger partial charge in [0, 0.05) is 37.6 Å². The van der Waals surface area contributed by atoms with Gasteiger partial charge in [0.15, 0.2) is 0 Å². The Bertz CT molecular complexity index is 857. The topological polar surface area (TPSA) is 87.4 Å². The minimum Gasteiger partial charge on any atom is -0.360 e. The molecule has 156 valence electrons. The summed E-state index contributed by atoms with van der Waals surface area (Å²) in [4.78, 5) is 23.3. The van der Waals surface area contributed by atoms with Crippen LogP contribution in [0.4, 0.5) is 30.5 Å². The number of hydrogen-bond donors (Lipinski definition) is 1. The second-order valence-electron chi connectivity index (χ2n) is 6.49. The highest BCUT2D eigenvalue weighted by atomic mass is 32.2. The maximum absolute atomic E-state index is 12.4. The van der Waals surface area contributed by atoms with Crippen LogP contribution in [-0.2, 0) is 6.54 Å². The zero-order valence-electron chi connectivity index (χ0n) is 15.5. The van der Waals surface area contributed by atoms with E-state index >= 15 is 0 Å². The molecule has 3 rings (SSSR count). The number of piperazine rings is 1. The molecule has 1 aliphatic rings. The largest absolute Gasteiger partial charge is 0.446 e. The number of likely N-dealkylation sites (N-methyl/N-ethyl adjacent to an activating group) is 1. The summed E-state index contributed by atoms with van der Waals surface area (Å²) in [7, 11) is 1.98. The number of thioether (sulfide) groups is 1. The molecule has 1 aliphatic heterocycles. The Hall–Kier alpha value is -2.60. The van der Waals surface area contributed by atoms with E-state index in [-0.39, 0.29) is 40.5 Å². The second kappa shape index (κ2) is 8.82. The molecule has 1 aromatic heterocycles. The van der Waals surface area contributed by atoms with Crippen LogP contribution in [0.1, 0.15) is 5.56 Å². The number of rotatable bonds is 6. The van der Waals surface area contributed by atoms with Gasteiger partial charge >= 0.3 is 11.2 Å². The third-order valence-electron chi connectivity index (χ3n) is 4.41. The Labute approximate surface area is 169 Å². The number of benzene rings is 1. The van der Waals surface area contributed by atoms with Crippen molar-refractivity contribution in [2.45, 2.75) is 16.9 Å². The van der Waals surface area contributed by atoms with Crippen LogP contribution in [-0.4, -0.2) is 58.5 Å².